The molecule has 0 bridgehead atoms. The molecule has 0 spiro atoms. The summed E-state index contributed by atoms with van der Waals surface area (Å²) in [6.45, 7) is 0. The molecule has 3 aromatic heterocycles. The van der Waals surface area contributed by atoms with Crippen molar-refractivity contribution in [1.29, 1.82) is 0 Å². The molecule has 0 aromatic carbocycles. The van der Waals surface area contributed by atoms with Crippen molar-refractivity contribution in [1.82, 2.24) is 19.4 Å². The fraction of sp³-hybridized carbons (Fsp3) is 0.389. The largest absolute Gasteiger partial charge is 0.416 e. The summed E-state index contributed by atoms with van der Waals surface area (Å²) in [7, 11) is 0. The summed E-state index contributed by atoms with van der Waals surface area (Å²) in [5, 5.41) is 3.41. The zero-order valence-electron chi connectivity index (χ0n) is 14.0. The van der Waals surface area contributed by atoms with E-state index in [1.807, 2.05) is 0 Å². The van der Waals surface area contributed by atoms with E-state index in [0.717, 1.165) is 25.0 Å². The molecule has 8 heteroatoms. The van der Waals surface area contributed by atoms with Gasteiger partial charge in [-0.2, -0.15) is 13.2 Å². The normalized spacial score (nSPS) is 16.1. The standard InChI is InChI=1S/C18H18F3N5/c19-18(20,21)12-6-7-26-15(10-23-17(26)8-12)14-9-22-11-16(25-14)24-13-4-2-1-3-5-13/h6-11,13H,1-5H2,(H,24,25). The number of anilines is 1. The number of imidazole rings is 1. The lowest BCUT2D eigenvalue weighted by atomic mass is 9.95. The van der Waals surface area contributed by atoms with Crippen LogP contribution >= 0.6 is 0 Å². The van der Waals surface area contributed by atoms with Crippen molar-refractivity contribution in [3.05, 3.63) is 42.5 Å². The molecule has 3 aromatic rings. The molecule has 1 saturated carbocycles. The van der Waals surface area contributed by atoms with Crippen molar-refractivity contribution in [3.63, 3.8) is 0 Å². The number of nitrogens with one attached hydrogen (secondary N) is 1. The van der Waals surface area contributed by atoms with Crippen LogP contribution in [0.3, 0.4) is 0 Å². The van der Waals surface area contributed by atoms with Gasteiger partial charge in [-0.1, -0.05) is 19.3 Å². The first-order valence-electron chi connectivity index (χ1n) is 8.64. The predicted octanol–water partition coefficient (Wildman–Crippen LogP) is 4.55. The lowest BCUT2D eigenvalue weighted by Crippen LogP contribution is -2.22. The van der Waals surface area contributed by atoms with Crippen LogP contribution in [0.4, 0.5) is 19.0 Å². The quantitative estimate of drug-likeness (QED) is 0.743. The lowest BCUT2D eigenvalue weighted by molar-refractivity contribution is -0.137. The summed E-state index contributed by atoms with van der Waals surface area (Å²) in [6.07, 6.45) is 7.66. The van der Waals surface area contributed by atoms with Gasteiger partial charge in [-0.3, -0.25) is 9.38 Å². The number of hydrogen-bond donors (Lipinski definition) is 1. The summed E-state index contributed by atoms with van der Waals surface area (Å²) in [5.74, 6) is 0.677. The van der Waals surface area contributed by atoms with E-state index < -0.39 is 11.7 Å². The van der Waals surface area contributed by atoms with E-state index in [1.54, 1.807) is 16.8 Å². The van der Waals surface area contributed by atoms with Gasteiger partial charge in [0, 0.05) is 12.2 Å². The molecule has 0 unspecified atom stereocenters. The molecular formula is C18H18F3N5. The molecule has 5 nitrogen and oxygen atoms in total. The third-order valence-electron chi connectivity index (χ3n) is 4.69. The van der Waals surface area contributed by atoms with Gasteiger partial charge in [0.05, 0.1) is 29.8 Å². The molecule has 1 fully saturated rings. The first kappa shape index (κ1) is 16.8. The molecule has 4 rings (SSSR count). The molecule has 136 valence electrons. The van der Waals surface area contributed by atoms with E-state index in [9.17, 15) is 13.2 Å². The minimum Gasteiger partial charge on any atom is -0.366 e. The van der Waals surface area contributed by atoms with Crippen molar-refractivity contribution in [3.8, 4) is 11.4 Å². The first-order valence-corrected chi connectivity index (χ1v) is 8.64. The van der Waals surface area contributed by atoms with Crippen molar-refractivity contribution >= 4 is 11.5 Å². The van der Waals surface area contributed by atoms with Crippen LogP contribution in [0, 0.1) is 0 Å². The molecular weight excluding hydrogens is 343 g/mol. The molecule has 0 radical (unpaired) electrons. The summed E-state index contributed by atoms with van der Waals surface area (Å²) in [4.78, 5) is 12.9. The van der Waals surface area contributed by atoms with E-state index in [-0.39, 0.29) is 5.65 Å². The van der Waals surface area contributed by atoms with Crippen LogP contribution in [0.15, 0.2) is 36.9 Å². The molecule has 26 heavy (non-hydrogen) atoms. The third-order valence-corrected chi connectivity index (χ3v) is 4.69. The van der Waals surface area contributed by atoms with Crippen LogP contribution in [0.5, 0.6) is 0 Å². The maximum atomic E-state index is 12.9. The van der Waals surface area contributed by atoms with Crippen molar-refractivity contribution in [2.45, 2.75) is 44.3 Å². The summed E-state index contributed by atoms with van der Waals surface area (Å²) >= 11 is 0. The molecule has 0 atom stereocenters. The predicted molar refractivity (Wildman–Crippen MR) is 91.7 cm³/mol. The molecule has 1 aliphatic rings. The van der Waals surface area contributed by atoms with Gasteiger partial charge in [-0.15, -0.1) is 0 Å². The fourth-order valence-corrected chi connectivity index (χ4v) is 3.36. The monoisotopic (exact) mass is 361 g/mol. The molecule has 3 heterocycles. The van der Waals surface area contributed by atoms with Gasteiger partial charge in [0.1, 0.15) is 17.2 Å². The van der Waals surface area contributed by atoms with Gasteiger partial charge < -0.3 is 5.32 Å². The van der Waals surface area contributed by atoms with Crippen LogP contribution in [-0.2, 0) is 6.18 Å². The van der Waals surface area contributed by atoms with Crippen LogP contribution in [0.25, 0.3) is 17.0 Å². The van der Waals surface area contributed by atoms with Gasteiger partial charge in [-0.25, -0.2) is 9.97 Å². The Kier molecular flexibility index (Phi) is 4.26. The topological polar surface area (TPSA) is 55.1 Å². The number of nitrogens with zero attached hydrogens (tertiary/aromatic N) is 4. The second-order valence-corrected chi connectivity index (χ2v) is 6.55. The number of hydrogen-bond acceptors (Lipinski definition) is 4. The zero-order chi connectivity index (χ0) is 18.1. The number of halogens is 3. The number of fused-ring (bicyclic) bond motifs is 1. The van der Waals surface area contributed by atoms with Crippen LogP contribution < -0.4 is 5.32 Å². The minimum absolute atomic E-state index is 0.224. The van der Waals surface area contributed by atoms with Crippen molar-refractivity contribution in [2.24, 2.45) is 0 Å². The van der Waals surface area contributed by atoms with Gasteiger partial charge >= 0.3 is 6.18 Å². The Bertz CT molecular complexity index is 913. The minimum atomic E-state index is -4.39. The highest BCUT2D eigenvalue weighted by Crippen LogP contribution is 2.31. The number of pyridine rings is 1. The third kappa shape index (κ3) is 3.36. The highest BCUT2D eigenvalue weighted by atomic mass is 19.4. The second kappa shape index (κ2) is 6.59. The average Bonchev–Trinajstić information content (AvgIpc) is 3.05. The van der Waals surface area contributed by atoms with Crippen molar-refractivity contribution < 1.29 is 13.2 Å². The Labute approximate surface area is 148 Å². The lowest BCUT2D eigenvalue weighted by Gasteiger charge is -2.23. The SMILES string of the molecule is FC(F)(F)c1ccn2c(-c3cncc(NC4CCCCC4)n3)cnc2c1. The Morgan fingerprint density at radius 3 is 2.65 bits per heavy atom. The van der Waals surface area contributed by atoms with Gasteiger partial charge in [0.15, 0.2) is 0 Å². The Balaban J connectivity index is 1.64. The Morgan fingerprint density at radius 2 is 1.88 bits per heavy atom. The highest BCUT2D eigenvalue weighted by molar-refractivity contribution is 5.61. The average molecular weight is 361 g/mol. The van der Waals surface area contributed by atoms with Crippen LogP contribution in [0.1, 0.15) is 37.7 Å². The summed E-state index contributed by atoms with van der Waals surface area (Å²) in [5.41, 5.74) is 0.676. The van der Waals surface area contributed by atoms with E-state index in [4.69, 9.17) is 0 Å². The van der Waals surface area contributed by atoms with Gasteiger partial charge in [0.25, 0.3) is 0 Å². The molecule has 0 amide bonds. The molecule has 0 aliphatic heterocycles. The Morgan fingerprint density at radius 1 is 1.08 bits per heavy atom. The maximum absolute atomic E-state index is 12.9. The number of rotatable bonds is 3. The van der Waals surface area contributed by atoms with E-state index in [0.29, 0.717) is 23.2 Å². The molecule has 1 aliphatic carbocycles. The van der Waals surface area contributed by atoms with E-state index >= 15 is 0 Å². The highest BCUT2D eigenvalue weighted by Gasteiger charge is 2.31. The van der Waals surface area contributed by atoms with Crippen LogP contribution in [-0.4, -0.2) is 25.4 Å². The fourth-order valence-electron chi connectivity index (χ4n) is 3.36. The zero-order valence-corrected chi connectivity index (χ0v) is 14.0. The van der Waals surface area contributed by atoms with E-state index in [2.05, 4.69) is 20.3 Å². The number of aromatic nitrogens is 4. The van der Waals surface area contributed by atoms with Gasteiger partial charge in [-0.05, 0) is 25.0 Å². The van der Waals surface area contributed by atoms with E-state index in [1.165, 1.54) is 31.7 Å². The molecule has 0 saturated heterocycles. The summed E-state index contributed by atoms with van der Waals surface area (Å²) < 4.78 is 40.1. The summed E-state index contributed by atoms with van der Waals surface area (Å²) in [6, 6.07) is 2.46. The van der Waals surface area contributed by atoms with Crippen molar-refractivity contribution in [2.75, 3.05) is 5.32 Å². The van der Waals surface area contributed by atoms with Crippen LogP contribution in [0.2, 0.25) is 0 Å². The molecule has 1 N–H and O–H groups in total. The second-order valence-electron chi connectivity index (χ2n) is 6.55. The first-order chi connectivity index (χ1) is 12.5. The number of alkyl halides is 3. The maximum Gasteiger partial charge on any atom is 0.416 e. The Hall–Kier alpha value is -2.64. The van der Waals surface area contributed by atoms with Gasteiger partial charge in [0.2, 0.25) is 0 Å². The smallest absolute Gasteiger partial charge is 0.366 e.